The average Bonchev–Trinajstić information content (AvgIpc) is 3.04. The summed E-state index contributed by atoms with van der Waals surface area (Å²) in [5, 5.41) is 14.2. The van der Waals surface area contributed by atoms with Crippen molar-refractivity contribution >= 4 is 6.01 Å². The van der Waals surface area contributed by atoms with Gasteiger partial charge < -0.3 is 15.1 Å². The lowest BCUT2D eigenvalue weighted by Crippen LogP contribution is -2.13. The van der Waals surface area contributed by atoms with Crippen molar-refractivity contribution in [3.8, 4) is 0 Å². The van der Waals surface area contributed by atoms with Gasteiger partial charge in [0.05, 0.1) is 6.54 Å². The SMILES string of the molecule is CCNCc1nnc(NCC(C)C2CC2)o1. The average molecular weight is 224 g/mol. The summed E-state index contributed by atoms with van der Waals surface area (Å²) in [6, 6.07) is 0.542. The van der Waals surface area contributed by atoms with Crippen molar-refractivity contribution in [3.63, 3.8) is 0 Å². The number of rotatable bonds is 7. The van der Waals surface area contributed by atoms with Crippen LogP contribution in [0.3, 0.4) is 0 Å². The van der Waals surface area contributed by atoms with E-state index >= 15 is 0 Å². The first-order chi connectivity index (χ1) is 7.79. The molecule has 0 aliphatic heterocycles. The molecule has 0 amide bonds. The van der Waals surface area contributed by atoms with E-state index in [1.807, 2.05) is 6.92 Å². The predicted molar refractivity (Wildman–Crippen MR) is 62.1 cm³/mol. The molecule has 16 heavy (non-hydrogen) atoms. The fraction of sp³-hybridized carbons (Fsp3) is 0.818. The van der Waals surface area contributed by atoms with Gasteiger partial charge in [0.25, 0.3) is 0 Å². The fourth-order valence-corrected chi connectivity index (χ4v) is 1.71. The molecule has 2 N–H and O–H groups in total. The van der Waals surface area contributed by atoms with E-state index in [0.717, 1.165) is 19.0 Å². The van der Waals surface area contributed by atoms with Crippen molar-refractivity contribution in [2.24, 2.45) is 11.8 Å². The van der Waals surface area contributed by atoms with Crippen LogP contribution in [0.4, 0.5) is 6.01 Å². The van der Waals surface area contributed by atoms with Crippen molar-refractivity contribution in [2.75, 3.05) is 18.4 Å². The Bertz CT molecular complexity index is 322. The number of hydrogen-bond acceptors (Lipinski definition) is 5. The summed E-state index contributed by atoms with van der Waals surface area (Å²) in [5.41, 5.74) is 0. The second kappa shape index (κ2) is 5.30. The monoisotopic (exact) mass is 224 g/mol. The van der Waals surface area contributed by atoms with Crippen LogP contribution < -0.4 is 10.6 Å². The second-order valence-corrected chi connectivity index (χ2v) is 4.48. The van der Waals surface area contributed by atoms with Crippen LogP contribution in [0.5, 0.6) is 0 Å². The van der Waals surface area contributed by atoms with Crippen molar-refractivity contribution in [1.29, 1.82) is 0 Å². The van der Waals surface area contributed by atoms with E-state index in [1.54, 1.807) is 0 Å². The van der Waals surface area contributed by atoms with E-state index in [4.69, 9.17) is 4.42 Å². The molecule has 1 unspecified atom stereocenters. The van der Waals surface area contributed by atoms with Crippen LogP contribution in [-0.2, 0) is 6.54 Å². The van der Waals surface area contributed by atoms with Crippen molar-refractivity contribution in [1.82, 2.24) is 15.5 Å². The maximum Gasteiger partial charge on any atom is 0.315 e. The van der Waals surface area contributed by atoms with Crippen LogP contribution in [0.2, 0.25) is 0 Å². The van der Waals surface area contributed by atoms with Gasteiger partial charge in [0.15, 0.2) is 0 Å². The molecule has 1 aromatic rings. The molecule has 0 spiro atoms. The van der Waals surface area contributed by atoms with E-state index in [-0.39, 0.29) is 0 Å². The number of nitrogens with one attached hydrogen (secondary N) is 2. The van der Waals surface area contributed by atoms with Gasteiger partial charge in [-0.25, -0.2) is 0 Å². The molecule has 0 saturated heterocycles. The molecule has 5 heteroatoms. The van der Waals surface area contributed by atoms with Gasteiger partial charge in [0, 0.05) is 6.54 Å². The third-order valence-corrected chi connectivity index (χ3v) is 3.00. The molecule has 1 atom stereocenters. The molecule has 1 aliphatic carbocycles. The van der Waals surface area contributed by atoms with Crippen LogP contribution in [0.1, 0.15) is 32.6 Å². The Morgan fingerprint density at radius 1 is 1.44 bits per heavy atom. The minimum atomic E-state index is 0.542. The van der Waals surface area contributed by atoms with Gasteiger partial charge in [-0.05, 0) is 31.2 Å². The van der Waals surface area contributed by atoms with Gasteiger partial charge in [-0.1, -0.05) is 18.9 Å². The lowest BCUT2D eigenvalue weighted by Gasteiger charge is -2.08. The Morgan fingerprint density at radius 2 is 2.25 bits per heavy atom. The number of anilines is 1. The molecule has 0 radical (unpaired) electrons. The first-order valence-electron chi connectivity index (χ1n) is 6.06. The third-order valence-electron chi connectivity index (χ3n) is 3.00. The van der Waals surface area contributed by atoms with Gasteiger partial charge in [-0.15, -0.1) is 5.10 Å². The predicted octanol–water partition coefficient (Wildman–Crippen LogP) is 1.64. The Hall–Kier alpha value is -1.10. The van der Waals surface area contributed by atoms with Gasteiger partial charge >= 0.3 is 6.01 Å². The van der Waals surface area contributed by atoms with Crippen molar-refractivity contribution < 1.29 is 4.42 Å². The summed E-state index contributed by atoms with van der Waals surface area (Å²) in [5.74, 6) is 2.24. The molecule has 5 nitrogen and oxygen atoms in total. The number of aromatic nitrogens is 2. The highest BCUT2D eigenvalue weighted by Gasteiger charge is 2.27. The van der Waals surface area contributed by atoms with Gasteiger partial charge in [0.2, 0.25) is 5.89 Å². The number of nitrogens with zero attached hydrogens (tertiary/aromatic N) is 2. The minimum absolute atomic E-state index is 0.542. The molecule has 0 bridgehead atoms. The summed E-state index contributed by atoms with van der Waals surface area (Å²) >= 11 is 0. The summed E-state index contributed by atoms with van der Waals surface area (Å²) in [7, 11) is 0. The van der Waals surface area contributed by atoms with Crippen LogP contribution >= 0.6 is 0 Å². The lowest BCUT2D eigenvalue weighted by molar-refractivity contribution is 0.471. The first-order valence-corrected chi connectivity index (χ1v) is 6.06. The molecule has 1 saturated carbocycles. The maximum absolute atomic E-state index is 5.44. The fourth-order valence-electron chi connectivity index (χ4n) is 1.71. The van der Waals surface area contributed by atoms with Gasteiger partial charge in [-0.2, -0.15) is 0 Å². The smallest absolute Gasteiger partial charge is 0.315 e. The standard InChI is InChI=1S/C11H20N4O/c1-3-12-7-10-14-15-11(16-10)13-6-8(2)9-4-5-9/h8-9,12H,3-7H2,1-2H3,(H,13,15). The first kappa shape index (κ1) is 11.4. The van der Waals surface area contributed by atoms with Crippen LogP contribution in [-0.4, -0.2) is 23.3 Å². The van der Waals surface area contributed by atoms with Crippen LogP contribution in [0.25, 0.3) is 0 Å². The minimum Gasteiger partial charge on any atom is -0.407 e. The molecule has 1 fully saturated rings. The highest BCUT2D eigenvalue weighted by molar-refractivity contribution is 5.17. The molecular formula is C11H20N4O. The zero-order valence-electron chi connectivity index (χ0n) is 9.99. The highest BCUT2D eigenvalue weighted by Crippen LogP contribution is 2.36. The zero-order valence-corrected chi connectivity index (χ0v) is 9.99. The molecule has 1 aliphatic rings. The highest BCUT2D eigenvalue weighted by atomic mass is 16.4. The Labute approximate surface area is 96.0 Å². The summed E-state index contributed by atoms with van der Waals surface area (Å²) < 4.78 is 5.44. The summed E-state index contributed by atoms with van der Waals surface area (Å²) in [4.78, 5) is 0. The molecule has 1 aromatic heterocycles. The zero-order chi connectivity index (χ0) is 11.4. The van der Waals surface area contributed by atoms with Crippen LogP contribution in [0, 0.1) is 11.8 Å². The van der Waals surface area contributed by atoms with E-state index in [9.17, 15) is 0 Å². The largest absolute Gasteiger partial charge is 0.407 e. The van der Waals surface area contributed by atoms with E-state index < -0.39 is 0 Å². The summed E-state index contributed by atoms with van der Waals surface area (Å²) in [6.07, 6.45) is 2.75. The van der Waals surface area contributed by atoms with Crippen LogP contribution in [0.15, 0.2) is 4.42 Å². The lowest BCUT2D eigenvalue weighted by atomic mass is 10.1. The third kappa shape index (κ3) is 3.20. The second-order valence-electron chi connectivity index (χ2n) is 4.48. The molecule has 0 aromatic carbocycles. The van der Waals surface area contributed by atoms with Crippen molar-refractivity contribution in [3.05, 3.63) is 5.89 Å². The summed E-state index contributed by atoms with van der Waals surface area (Å²) in [6.45, 7) is 6.79. The molecule has 1 heterocycles. The van der Waals surface area contributed by atoms with Gasteiger partial charge in [-0.3, -0.25) is 0 Å². The van der Waals surface area contributed by atoms with Gasteiger partial charge in [0.1, 0.15) is 0 Å². The normalized spacial score (nSPS) is 17.4. The quantitative estimate of drug-likeness (QED) is 0.737. The number of hydrogen-bond donors (Lipinski definition) is 2. The molecule has 90 valence electrons. The topological polar surface area (TPSA) is 63.0 Å². The Morgan fingerprint density at radius 3 is 2.94 bits per heavy atom. The molecular weight excluding hydrogens is 204 g/mol. The van der Waals surface area contributed by atoms with E-state index in [2.05, 4.69) is 27.8 Å². The molecule has 2 rings (SSSR count). The van der Waals surface area contributed by atoms with E-state index in [0.29, 0.717) is 24.4 Å². The van der Waals surface area contributed by atoms with Crippen molar-refractivity contribution in [2.45, 2.75) is 33.2 Å². The maximum atomic E-state index is 5.44. The Kier molecular flexibility index (Phi) is 3.77. The Balaban J connectivity index is 1.73. The van der Waals surface area contributed by atoms with E-state index in [1.165, 1.54) is 12.8 Å².